The summed E-state index contributed by atoms with van der Waals surface area (Å²) in [5, 5.41) is 11.0. The van der Waals surface area contributed by atoms with Crippen LogP contribution in [-0.2, 0) is 27.9 Å². The summed E-state index contributed by atoms with van der Waals surface area (Å²) in [5.74, 6) is -0.346. The summed E-state index contributed by atoms with van der Waals surface area (Å²) >= 11 is 0. The third-order valence-corrected chi connectivity index (χ3v) is 6.49. The fourth-order valence-corrected chi connectivity index (χ4v) is 4.15. The van der Waals surface area contributed by atoms with Crippen molar-refractivity contribution in [1.82, 2.24) is 14.8 Å². The highest BCUT2D eigenvalue weighted by molar-refractivity contribution is 5.79. The molecule has 0 radical (unpaired) electrons. The van der Waals surface area contributed by atoms with Crippen molar-refractivity contribution in [2.45, 2.75) is 59.7 Å². The summed E-state index contributed by atoms with van der Waals surface area (Å²) in [7, 11) is 1.64. The molecule has 37 heavy (non-hydrogen) atoms. The lowest BCUT2D eigenvalue weighted by Crippen LogP contribution is -2.35. The molecule has 206 valence electrons. The maximum absolute atomic E-state index is 12.0. The molecular formula is C25H36F3N5O4. The number of nitrogens with two attached hydrogens (primary N) is 1. The number of hydrogen-bond donors (Lipinski definition) is 2. The van der Waals surface area contributed by atoms with Crippen LogP contribution in [0.4, 0.5) is 13.2 Å². The average molecular weight is 528 g/mol. The number of hydrogen-bond acceptors (Lipinski definition) is 5. The number of nitrogens with one attached hydrogen (secondary N) is 1. The molecule has 1 saturated carbocycles. The molecule has 1 aliphatic heterocycles. The van der Waals surface area contributed by atoms with Gasteiger partial charge in [0.1, 0.15) is 6.04 Å². The Bertz CT molecular complexity index is 1060. The highest BCUT2D eigenvalue weighted by Crippen LogP contribution is 2.62. The van der Waals surface area contributed by atoms with E-state index in [1.54, 1.807) is 25.4 Å². The Morgan fingerprint density at radius 1 is 1.27 bits per heavy atom. The van der Waals surface area contributed by atoms with Crippen LogP contribution in [0.15, 0.2) is 23.1 Å². The molecule has 12 heteroatoms. The first-order chi connectivity index (χ1) is 16.8. The molecule has 0 aromatic carbocycles. The van der Waals surface area contributed by atoms with Crippen LogP contribution in [0.25, 0.3) is 0 Å². The SMILES string of the molecule is CC(C)(C)CC(=O)N1CC2[C@H](C1)C2(C)C.Cn1cccc(CC(C#N)NC=O)c1=O.NC(=O)C(F)(F)F. The number of nitriles is 1. The van der Waals surface area contributed by atoms with Gasteiger partial charge in [0.15, 0.2) is 0 Å². The Balaban J connectivity index is 0.000000298. The van der Waals surface area contributed by atoms with E-state index in [4.69, 9.17) is 10.1 Å². The lowest BCUT2D eigenvalue weighted by Gasteiger charge is -2.26. The van der Waals surface area contributed by atoms with Gasteiger partial charge in [0.2, 0.25) is 12.3 Å². The van der Waals surface area contributed by atoms with Crippen LogP contribution in [0.5, 0.6) is 0 Å². The second-order valence-corrected chi connectivity index (χ2v) is 11.1. The quantitative estimate of drug-likeness (QED) is 0.565. The van der Waals surface area contributed by atoms with E-state index in [2.05, 4.69) is 50.6 Å². The number of nitrogens with zero attached hydrogens (tertiary/aromatic N) is 3. The summed E-state index contributed by atoms with van der Waals surface area (Å²) in [6, 6.07) is 4.63. The van der Waals surface area contributed by atoms with Gasteiger partial charge < -0.3 is 20.5 Å². The molecule has 1 aliphatic carbocycles. The lowest BCUT2D eigenvalue weighted by atomic mass is 9.91. The smallest absolute Gasteiger partial charge is 0.362 e. The van der Waals surface area contributed by atoms with Gasteiger partial charge in [-0.3, -0.25) is 19.2 Å². The molecule has 1 aromatic heterocycles. The van der Waals surface area contributed by atoms with Crippen molar-refractivity contribution in [3.8, 4) is 6.07 Å². The lowest BCUT2D eigenvalue weighted by molar-refractivity contribution is -0.169. The molecule has 2 fully saturated rings. The molecule has 2 unspecified atom stereocenters. The largest absolute Gasteiger partial charge is 0.470 e. The van der Waals surface area contributed by atoms with Gasteiger partial charge in [-0.25, -0.2) is 0 Å². The molecule has 3 N–H and O–H groups in total. The van der Waals surface area contributed by atoms with Crippen molar-refractivity contribution in [1.29, 1.82) is 5.26 Å². The van der Waals surface area contributed by atoms with E-state index < -0.39 is 18.1 Å². The summed E-state index contributed by atoms with van der Waals surface area (Å²) in [6.45, 7) is 13.1. The van der Waals surface area contributed by atoms with E-state index in [-0.39, 0.29) is 17.4 Å². The van der Waals surface area contributed by atoms with Gasteiger partial charge in [-0.05, 0) is 28.7 Å². The molecule has 2 aliphatic rings. The van der Waals surface area contributed by atoms with Crippen LogP contribution in [0, 0.1) is 34.0 Å². The van der Waals surface area contributed by atoms with Crippen LogP contribution in [0.2, 0.25) is 0 Å². The number of rotatable bonds is 5. The first-order valence-corrected chi connectivity index (χ1v) is 11.7. The monoisotopic (exact) mass is 527 g/mol. The molecular weight excluding hydrogens is 491 g/mol. The van der Waals surface area contributed by atoms with E-state index in [1.807, 2.05) is 6.07 Å². The van der Waals surface area contributed by atoms with Gasteiger partial charge in [0, 0.05) is 44.7 Å². The van der Waals surface area contributed by atoms with Gasteiger partial charge in [-0.2, -0.15) is 18.4 Å². The third kappa shape index (κ3) is 9.55. The van der Waals surface area contributed by atoms with Crippen LogP contribution < -0.4 is 16.6 Å². The van der Waals surface area contributed by atoms with E-state index in [0.29, 0.717) is 29.7 Å². The molecule has 3 amide bonds. The fourth-order valence-electron chi connectivity index (χ4n) is 4.15. The Morgan fingerprint density at radius 2 is 1.78 bits per heavy atom. The zero-order valence-corrected chi connectivity index (χ0v) is 22.1. The number of carbonyl (C=O) groups is 3. The molecule has 2 heterocycles. The van der Waals surface area contributed by atoms with E-state index in [0.717, 1.165) is 24.9 Å². The number of likely N-dealkylation sites (tertiary alicyclic amines) is 1. The van der Waals surface area contributed by atoms with E-state index in [9.17, 15) is 27.6 Å². The number of aromatic nitrogens is 1. The normalized spacial score (nSPS) is 20.1. The van der Waals surface area contributed by atoms with Crippen molar-refractivity contribution in [3.63, 3.8) is 0 Å². The standard InChI is InChI=1S/C13H23NO.C10H11N3O2.C2H2F3NO/c1-12(2,3)6-11(15)14-7-9-10(8-14)13(9,4)5;1-13-4-2-3-8(10(13)15)5-9(6-11)12-7-14;3-2(4,5)1(6)7/h9-10H,6-8H2,1-5H3;2-4,7,9H,5H2,1H3,(H,12,14);(H2,6,7)/t9-,10?;;/m0../s1. The molecule has 9 nitrogen and oxygen atoms in total. The second-order valence-electron chi connectivity index (χ2n) is 11.1. The minimum Gasteiger partial charge on any atom is -0.362 e. The maximum atomic E-state index is 12.0. The number of piperidine rings is 1. The van der Waals surface area contributed by atoms with Crippen molar-refractivity contribution in [3.05, 3.63) is 34.2 Å². The van der Waals surface area contributed by atoms with Crippen LogP contribution in [0.1, 0.15) is 46.6 Å². The molecule has 1 aromatic rings. The number of fused-ring (bicyclic) bond motifs is 1. The van der Waals surface area contributed by atoms with Gasteiger partial charge in [0.05, 0.1) is 6.07 Å². The highest BCUT2D eigenvalue weighted by atomic mass is 19.4. The number of halogens is 3. The minimum absolute atomic E-state index is 0.124. The van der Waals surface area contributed by atoms with Crippen molar-refractivity contribution >= 4 is 18.2 Å². The van der Waals surface area contributed by atoms with Gasteiger partial charge in [-0.1, -0.05) is 40.7 Å². The van der Waals surface area contributed by atoms with Gasteiger partial charge in [0.25, 0.3) is 5.56 Å². The summed E-state index contributed by atoms with van der Waals surface area (Å²) in [6.07, 6.45) is -1.85. The summed E-state index contributed by atoms with van der Waals surface area (Å²) < 4.78 is 33.5. The average Bonchev–Trinajstić information content (AvgIpc) is 3.10. The zero-order chi connectivity index (χ0) is 28.8. The summed E-state index contributed by atoms with van der Waals surface area (Å²) in [4.78, 5) is 44.9. The van der Waals surface area contributed by atoms with Gasteiger partial charge >= 0.3 is 12.1 Å². The molecule has 0 spiro atoms. The second kappa shape index (κ2) is 12.3. The Hall–Kier alpha value is -3.36. The fraction of sp³-hybridized carbons (Fsp3) is 0.640. The van der Waals surface area contributed by atoms with Crippen molar-refractivity contribution in [2.75, 3.05) is 13.1 Å². The topological polar surface area (TPSA) is 138 Å². The number of amides is 3. The Morgan fingerprint density at radius 3 is 2.19 bits per heavy atom. The first kappa shape index (κ1) is 31.7. The number of alkyl halides is 3. The highest BCUT2D eigenvalue weighted by Gasteiger charge is 2.62. The zero-order valence-electron chi connectivity index (χ0n) is 22.1. The Labute approximate surface area is 214 Å². The predicted octanol–water partition coefficient (Wildman–Crippen LogP) is 2.14. The van der Waals surface area contributed by atoms with Crippen LogP contribution >= 0.6 is 0 Å². The van der Waals surface area contributed by atoms with Crippen molar-refractivity contribution in [2.24, 2.45) is 35.4 Å². The number of primary amides is 1. The molecule has 3 rings (SSSR count). The predicted molar refractivity (Wildman–Crippen MR) is 131 cm³/mol. The molecule has 3 atom stereocenters. The minimum atomic E-state index is -4.86. The first-order valence-electron chi connectivity index (χ1n) is 11.7. The third-order valence-electron chi connectivity index (χ3n) is 6.49. The number of pyridine rings is 1. The number of aryl methyl sites for hydroxylation is 1. The van der Waals surface area contributed by atoms with Crippen LogP contribution in [-0.4, -0.2) is 53.0 Å². The van der Waals surface area contributed by atoms with E-state index in [1.165, 1.54) is 4.57 Å². The van der Waals surface area contributed by atoms with Crippen molar-refractivity contribution < 1.29 is 27.6 Å². The Kier molecular flexibility index (Phi) is 10.5. The van der Waals surface area contributed by atoms with E-state index >= 15 is 0 Å². The van der Waals surface area contributed by atoms with Crippen LogP contribution in [0.3, 0.4) is 0 Å². The summed E-state index contributed by atoms with van der Waals surface area (Å²) in [5.41, 5.74) is 4.81. The maximum Gasteiger partial charge on any atom is 0.470 e. The molecule has 0 bridgehead atoms. The van der Waals surface area contributed by atoms with Gasteiger partial charge in [-0.15, -0.1) is 0 Å². The number of carbonyl (C=O) groups excluding carboxylic acids is 3. The molecule has 1 saturated heterocycles.